The lowest BCUT2D eigenvalue weighted by Crippen LogP contribution is -1.75. The van der Waals surface area contributed by atoms with E-state index in [0.29, 0.717) is 0 Å². The zero-order chi connectivity index (χ0) is 6.69. The Morgan fingerprint density at radius 1 is 1.67 bits per heavy atom. The van der Waals surface area contributed by atoms with Gasteiger partial charge in [-0.2, -0.15) is 0 Å². The SMILES string of the molecule is Cc1cccnc1N=O. The van der Waals surface area contributed by atoms with Gasteiger partial charge in [0.2, 0.25) is 0 Å². The molecule has 0 radical (unpaired) electrons. The van der Waals surface area contributed by atoms with Gasteiger partial charge < -0.3 is 0 Å². The minimum atomic E-state index is 0.275. The van der Waals surface area contributed by atoms with Gasteiger partial charge in [0.1, 0.15) is 0 Å². The van der Waals surface area contributed by atoms with Crippen LogP contribution in [0, 0.1) is 11.8 Å². The fourth-order valence-electron chi connectivity index (χ4n) is 0.573. The summed E-state index contributed by atoms with van der Waals surface area (Å²) < 4.78 is 0. The second kappa shape index (κ2) is 2.35. The molecule has 0 spiro atoms. The van der Waals surface area contributed by atoms with Gasteiger partial charge in [-0.25, -0.2) is 4.98 Å². The van der Waals surface area contributed by atoms with Crippen molar-refractivity contribution in [3.8, 4) is 0 Å². The average molecular weight is 122 g/mol. The van der Waals surface area contributed by atoms with Crippen molar-refractivity contribution in [3.05, 3.63) is 28.8 Å². The zero-order valence-corrected chi connectivity index (χ0v) is 5.03. The number of nitroso groups, excluding NO2 is 1. The molecule has 1 aromatic rings. The Morgan fingerprint density at radius 3 is 2.89 bits per heavy atom. The molecule has 0 N–H and O–H groups in total. The number of hydrogen-bond donors (Lipinski definition) is 0. The van der Waals surface area contributed by atoms with Crippen LogP contribution in [0.1, 0.15) is 5.56 Å². The fraction of sp³-hybridized carbons (Fsp3) is 0.167. The lowest BCUT2D eigenvalue weighted by atomic mass is 10.3. The van der Waals surface area contributed by atoms with Crippen molar-refractivity contribution in [1.82, 2.24) is 4.98 Å². The molecule has 9 heavy (non-hydrogen) atoms. The second-order valence-corrected chi connectivity index (χ2v) is 1.74. The van der Waals surface area contributed by atoms with Gasteiger partial charge in [-0.05, 0) is 23.7 Å². The third kappa shape index (κ3) is 1.10. The Bertz CT molecular complexity index is 222. The first-order valence-corrected chi connectivity index (χ1v) is 2.59. The summed E-state index contributed by atoms with van der Waals surface area (Å²) in [5.74, 6) is 0.275. The number of pyridine rings is 1. The Kier molecular flexibility index (Phi) is 1.53. The molecule has 1 aromatic heterocycles. The number of nitrogens with zero attached hydrogens (tertiary/aromatic N) is 2. The van der Waals surface area contributed by atoms with Crippen LogP contribution in [0.25, 0.3) is 0 Å². The van der Waals surface area contributed by atoms with E-state index in [1.807, 2.05) is 0 Å². The van der Waals surface area contributed by atoms with Crippen LogP contribution in [0.5, 0.6) is 0 Å². The molecule has 46 valence electrons. The molecule has 0 aliphatic rings. The van der Waals surface area contributed by atoms with E-state index in [1.165, 1.54) is 0 Å². The lowest BCUT2D eigenvalue weighted by Gasteiger charge is -1.89. The summed E-state index contributed by atoms with van der Waals surface area (Å²) in [6.07, 6.45) is 1.55. The largest absolute Gasteiger partial charge is 0.234 e. The van der Waals surface area contributed by atoms with Crippen LogP contribution in [0.3, 0.4) is 0 Å². The van der Waals surface area contributed by atoms with Crippen molar-refractivity contribution in [1.29, 1.82) is 0 Å². The van der Waals surface area contributed by atoms with Crippen LogP contribution in [-0.4, -0.2) is 4.98 Å². The Morgan fingerprint density at radius 2 is 2.44 bits per heavy atom. The summed E-state index contributed by atoms with van der Waals surface area (Å²) in [5.41, 5.74) is 0.813. The van der Waals surface area contributed by atoms with Crippen LogP contribution in [0.15, 0.2) is 23.5 Å². The second-order valence-electron chi connectivity index (χ2n) is 1.74. The summed E-state index contributed by atoms with van der Waals surface area (Å²) >= 11 is 0. The molecule has 0 atom stereocenters. The quantitative estimate of drug-likeness (QED) is 0.533. The van der Waals surface area contributed by atoms with Crippen molar-refractivity contribution in [2.45, 2.75) is 6.92 Å². The van der Waals surface area contributed by atoms with Gasteiger partial charge in [0.15, 0.2) is 5.82 Å². The molecule has 0 bridgehead atoms. The van der Waals surface area contributed by atoms with Crippen molar-refractivity contribution in [2.75, 3.05) is 0 Å². The molecule has 0 aliphatic carbocycles. The monoisotopic (exact) mass is 122 g/mol. The predicted molar refractivity (Wildman–Crippen MR) is 34.4 cm³/mol. The molecule has 0 amide bonds. The lowest BCUT2D eigenvalue weighted by molar-refractivity contribution is 1.22. The highest BCUT2D eigenvalue weighted by atomic mass is 16.3. The molecule has 3 nitrogen and oxygen atoms in total. The van der Waals surface area contributed by atoms with Crippen molar-refractivity contribution in [2.24, 2.45) is 5.18 Å². The van der Waals surface area contributed by atoms with Crippen molar-refractivity contribution in [3.63, 3.8) is 0 Å². The maximum absolute atomic E-state index is 9.91. The molecule has 0 fully saturated rings. The third-order valence-corrected chi connectivity index (χ3v) is 1.07. The van der Waals surface area contributed by atoms with E-state index < -0.39 is 0 Å². The highest BCUT2D eigenvalue weighted by Crippen LogP contribution is 2.11. The topological polar surface area (TPSA) is 42.3 Å². The van der Waals surface area contributed by atoms with E-state index in [9.17, 15) is 4.91 Å². The number of hydrogen-bond acceptors (Lipinski definition) is 3. The number of aromatic nitrogens is 1. The minimum Gasteiger partial charge on any atom is -0.234 e. The van der Waals surface area contributed by atoms with Gasteiger partial charge in [0.05, 0.1) is 0 Å². The molecular weight excluding hydrogens is 116 g/mol. The fourth-order valence-corrected chi connectivity index (χ4v) is 0.573. The molecule has 3 heteroatoms. The molecule has 0 saturated heterocycles. The van der Waals surface area contributed by atoms with Crippen LogP contribution >= 0.6 is 0 Å². The first-order valence-electron chi connectivity index (χ1n) is 2.59. The average Bonchev–Trinajstić information content (AvgIpc) is 1.89. The summed E-state index contributed by atoms with van der Waals surface area (Å²) in [6, 6.07) is 3.56. The number of aryl methyl sites for hydroxylation is 1. The Hall–Kier alpha value is -1.25. The summed E-state index contributed by atoms with van der Waals surface area (Å²) in [6.45, 7) is 1.80. The van der Waals surface area contributed by atoms with E-state index >= 15 is 0 Å². The molecule has 0 aromatic carbocycles. The summed E-state index contributed by atoms with van der Waals surface area (Å²) in [7, 11) is 0. The third-order valence-electron chi connectivity index (χ3n) is 1.07. The normalized spacial score (nSPS) is 9.00. The van der Waals surface area contributed by atoms with E-state index in [2.05, 4.69) is 10.2 Å². The van der Waals surface area contributed by atoms with Crippen molar-refractivity contribution < 1.29 is 0 Å². The van der Waals surface area contributed by atoms with E-state index in [-0.39, 0.29) is 5.82 Å². The smallest absolute Gasteiger partial charge is 0.199 e. The Labute approximate surface area is 52.7 Å². The van der Waals surface area contributed by atoms with Crippen LogP contribution < -0.4 is 0 Å². The van der Waals surface area contributed by atoms with Crippen LogP contribution in [0.4, 0.5) is 5.82 Å². The van der Waals surface area contributed by atoms with E-state index in [4.69, 9.17) is 0 Å². The molecule has 1 heterocycles. The first-order chi connectivity index (χ1) is 4.34. The van der Waals surface area contributed by atoms with Gasteiger partial charge in [-0.1, -0.05) is 6.07 Å². The molecule has 1 rings (SSSR count). The molecular formula is C6H6N2O. The van der Waals surface area contributed by atoms with Gasteiger partial charge in [-0.15, -0.1) is 4.91 Å². The number of rotatable bonds is 1. The molecule has 0 unspecified atom stereocenters. The van der Waals surface area contributed by atoms with Gasteiger partial charge in [0.25, 0.3) is 0 Å². The maximum Gasteiger partial charge on any atom is 0.199 e. The van der Waals surface area contributed by atoms with Gasteiger partial charge >= 0.3 is 0 Å². The highest BCUT2D eigenvalue weighted by molar-refractivity contribution is 5.35. The van der Waals surface area contributed by atoms with Crippen LogP contribution in [0.2, 0.25) is 0 Å². The zero-order valence-electron chi connectivity index (χ0n) is 5.03. The summed E-state index contributed by atoms with van der Waals surface area (Å²) in [5, 5.41) is 2.71. The minimum absolute atomic E-state index is 0.275. The summed E-state index contributed by atoms with van der Waals surface area (Å²) in [4.78, 5) is 13.6. The standard InChI is InChI=1S/C6H6N2O/c1-5-3-2-4-7-6(5)8-9/h2-4H,1H3. The van der Waals surface area contributed by atoms with Gasteiger partial charge in [0, 0.05) is 6.20 Å². The Balaban J connectivity index is 3.15. The van der Waals surface area contributed by atoms with Crippen LogP contribution in [-0.2, 0) is 0 Å². The maximum atomic E-state index is 9.91. The van der Waals surface area contributed by atoms with Gasteiger partial charge in [-0.3, -0.25) is 0 Å². The van der Waals surface area contributed by atoms with E-state index in [1.54, 1.807) is 25.3 Å². The van der Waals surface area contributed by atoms with E-state index in [0.717, 1.165) is 5.56 Å². The highest BCUT2D eigenvalue weighted by Gasteiger charge is 1.93. The first kappa shape index (κ1) is 5.88. The van der Waals surface area contributed by atoms with Crippen molar-refractivity contribution >= 4 is 5.82 Å². The molecule has 0 aliphatic heterocycles. The molecule has 0 saturated carbocycles. The predicted octanol–water partition coefficient (Wildman–Crippen LogP) is 1.79.